The van der Waals surface area contributed by atoms with E-state index < -0.39 is 0 Å². The van der Waals surface area contributed by atoms with Gasteiger partial charge in [-0.1, -0.05) is 48.5 Å². The first-order valence-corrected chi connectivity index (χ1v) is 7.52. The number of benzene rings is 2. The van der Waals surface area contributed by atoms with Crippen molar-refractivity contribution in [2.45, 2.75) is 38.5 Å². The summed E-state index contributed by atoms with van der Waals surface area (Å²) < 4.78 is 0. The van der Waals surface area contributed by atoms with Crippen LogP contribution in [0, 0.1) is 0 Å². The first kappa shape index (κ1) is 13.1. The monoisotopic (exact) mass is 264 g/mol. The molecular weight excluding hydrogens is 244 g/mol. The smallest absolute Gasteiger partial charge is 0.162 e. The maximum atomic E-state index is 12.0. The van der Waals surface area contributed by atoms with Crippen molar-refractivity contribution < 1.29 is 4.79 Å². The third-order valence-electron chi connectivity index (χ3n) is 4.13. The van der Waals surface area contributed by atoms with E-state index in [1.54, 1.807) is 0 Å². The van der Waals surface area contributed by atoms with Gasteiger partial charge in [-0.15, -0.1) is 0 Å². The molecule has 1 aliphatic carbocycles. The fourth-order valence-electron chi connectivity index (χ4n) is 3.00. The lowest BCUT2D eigenvalue weighted by molar-refractivity contribution is 0.0980. The molecule has 0 radical (unpaired) electrons. The van der Waals surface area contributed by atoms with Gasteiger partial charge < -0.3 is 0 Å². The average Bonchev–Trinajstić information content (AvgIpc) is 2.95. The molecule has 20 heavy (non-hydrogen) atoms. The van der Waals surface area contributed by atoms with Gasteiger partial charge in [0.15, 0.2) is 5.78 Å². The van der Waals surface area contributed by atoms with E-state index >= 15 is 0 Å². The van der Waals surface area contributed by atoms with Crippen LogP contribution in [0.5, 0.6) is 0 Å². The van der Waals surface area contributed by atoms with Gasteiger partial charge in [-0.25, -0.2) is 0 Å². The highest BCUT2D eigenvalue weighted by atomic mass is 16.1. The Morgan fingerprint density at radius 3 is 2.60 bits per heavy atom. The molecular formula is C19H20O. The van der Waals surface area contributed by atoms with Crippen molar-refractivity contribution >= 4 is 5.78 Å². The fraction of sp³-hybridized carbons (Fsp3) is 0.316. The predicted octanol–water partition coefficient (Wildman–Crippen LogP) is 4.38. The SMILES string of the molecule is O=C(CCCc1ccc2c(c1)CCC2)c1ccccc1. The minimum absolute atomic E-state index is 0.256. The Kier molecular flexibility index (Phi) is 3.96. The van der Waals surface area contributed by atoms with Gasteiger partial charge in [0.05, 0.1) is 0 Å². The van der Waals surface area contributed by atoms with E-state index in [0.29, 0.717) is 6.42 Å². The first-order valence-electron chi connectivity index (χ1n) is 7.52. The van der Waals surface area contributed by atoms with Crippen LogP contribution in [-0.4, -0.2) is 5.78 Å². The summed E-state index contributed by atoms with van der Waals surface area (Å²) >= 11 is 0. The van der Waals surface area contributed by atoms with Crippen molar-refractivity contribution in [3.63, 3.8) is 0 Å². The molecule has 0 fully saturated rings. The number of aryl methyl sites for hydroxylation is 3. The molecule has 1 heteroatoms. The lowest BCUT2D eigenvalue weighted by Gasteiger charge is -2.05. The van der Waals surface area contributed by atoms with E-state index in [0.717, 1.165) is 18.4 Å². The average molecular weight is 264 g/mol. The molecule has 3 rings (SSSR count). The van der Waals surface area contributed by atoms with Gasteiger partial charge in [0.2, 0.25) is 0 Å². The first-order chi connectivity index (χ1) is 9.83. The topological polar surface area (TPSA) is 17.1 Å². The van der Waals surface area contributed by atoms with Gasteiger partial charge in [-0.05, 0) is 48.8 Å². The molecule has 2 aromatic carbocycles. The third-order valence-corrected chi connectivity index (χ3v) is 4.13. The molecule has 0 atom stereocenters. The molecule has 0 saturated carbocycles. The molecule has 102 valence electrons. The van der Waals surface area contributed by atoms with Crippen LogP contribution in [0.2, 0.25) is 0 Å². The standard InChI is InChI=1S/C19H20O/c20-19(17-7-2-1-3-8-17)11-4-6-15-12-13-16-9-5-10-18(16)14-15/h1-3,7-8,12-14H,4-6,9-11H2. The van der Waals surface area contributed by atoms with Crippen molar-refractivity contribution in [1.29, 1.82) is 0 Å². The van der Waals surface area contributed by atoms with Crippen molar-refractivity contribution in [3.05, 3.63) is 70.8 Å². The number of ketones is 1. The summed E-state index contributed by atoms with van der Waals surface area (Å²) in [4.78, 5) is 12.0. The summed E-state index contributed by atoms with van der Waals surface area (Å²) in [5.74, 6) is 0.256. The number of hydrogen-bond acceptors (Lipinski definition) is 1. The fourth-order valence-corrected chi connectivity index (χ4v) is 3.00. The second-order valence-corrected chi connectivity index (χ2v) is 5.60. The highest BCUT2D eigenvalue weighted by Crippen LogP contribution is 2.23. The number of hydrogen-bond donors (Lipinski definition) is 0. The summed E-state index contributed by atoms with van der Waals surface area (Å²) in [5.41, 5.74) is 5.26. The van der Waals surface area contributed by atoms with Gasteiger partial charge in [0.1, 0.15) is 0 Å². The molecule has 1 aliphatic rings. The molecule has 0 aliphatic heterocycles. The van der Waals surface area contributed by atoms with E-state index in [1.165, 1.54) is 36.0 Å². The Bertz CT molecular complexity index is 598. The lowest BCUT2D eigenvalue weighted by Crippen LogP contribution is -1.99. The molecule has 0 amide bonds. The number of Topliss-reactive ketones (excluding diaryl/α,β-unsaturated/α-hetero) is 1. The summed E-state index contributed by atoms with van der Waals surface area (Å²) in [6, 6.07) is 16.4. The molecule has 0 aromatic heterocycles. The highest BCUT2D eigenvalue weighted by Gasteiger charge is 2.11. The van der Waals surface area contributed by atoms with Crippen molar-refractivity contribution in [1.82, 2.24) is 0 Å². The Morgan fingerprint density at radius 2 is 1.75 bits per heavy atom. The maximum absolute atomic E-state index is 12.0. The highest BCUT2D eigenvalue weighted by molar-refractivity contribution is 5.95. The maximum Gasteiger partial charge on any atom is 0.162 e. The van der Waals surface area contributed by atoms with E-state index in [-0.39, 0.29) is 5.78 Å². The number of fused-ring (bicyclic) bond motifs is 1. The van der Waals surface area contributed by atoms with Crippen LogP contribution < -0.4 is 0 Å². The van der Waals surface area contributed by atoms with Gasteiger partial charge in [-0.2, -0.15) is 0 Å². The van der Waals surface area contributed by atoms with Crippen LogP contribution in [0.3, 0.4) is 0 Å². The second-order valence-electron chi connectivity index (χ2n) is 5.60. The number of rotatable bonds is 5. The molecule has 1 nitrogen and oxygen atoms in total. The Labute approximate surface area is 120 Å². The van der Waals surface area contributed by atoms with Gasteiger partial charge in [-0.3, -0.25) is 4.79 Å². The zero-order valence-electron chi connectivity index (χ0n) is 11.8. The van der Waals surface area contributed by atoms with Crippen LogP contribution in [0.4, 0.5) is 0 Å². The molecule has 0 spiro atoms. The van der Waals surface area contributed by atoms with Crippen LogP contribution in [0.15, 0.2) is 48.5 Å². The summed E-state index contributed by atoms with van der Waals surface area (Å²) in [7, 11) is 0. The number of carbonyl (C=O) groups is 1. The van der Waals surface area contributed by atoms with E-state index in [9.17, 15) is 4.79 Å². The molecule has 0 bridgehead atoms. The van der Waals surface area contributed by atoms with Crippen molar-refractivity contribution in [2.24, 2.45) is 0 Å². The Morgan fingerprint density at radius 1 is 0.950 bits per heavy atom. The quantitative estimate of drug-likeness (QED) is 0.732. The summed E-state index contributed by atoms with van der Waals surface area (Å²) in [5, 5.41) is 0. The van der Waals surface area contributed by atoms with E-state index in [2.05, 4.69) is 18.2 Å². The molecule has 0 N–H and O–H groups in total. The summed E-state index contributed by atoms with van der Waals surface area (Å²) in [6.45, 7) is 0. The Hall–Kier alpha value is -1.89. The molecule has 2 aromatic rings. The largest absolute Gasteiger partial charge is 0.294 e. The van der Waals surface area contributed by atoms with Crippen molar-refractivity contribution in [3.8, 4) is 0 Å². The van der Waals surface area contributed by atoms with Crippen LogP contribution in [0.25, 0.3) is 0 Å². The second kappa shape index (κ2) is 6.04. The minimum Gasteiger partial charge on any atom is -0.294 e. The summed E-state index contributed by atoms with van der Waals surface area (Å²) in [6.07, 6.45) is 6.35. The van der Waals surface area contributed by atoms with Crippen molar-refractivity contribution in [2.75, 3.05) is 0 Å². The van der Waals surface area contributed by atoms with Gasteiger partial charge >= 0.3 is 0 Å². The number of carbonyl (C=O) groups excluding carboxylic acids is 1. The molecule has 0 unspecified atom stereocenters. The zero-order valence-corrected chi connectivity index (χ0v) is 11.8. The molecule has 0 saturated heterocycles. The third kappa shape index (κ3) is 2.98. The predicted molar refractivity (Wildman–Crippen MR) is 82.2 cm³/mol. The van der Waals surface area contributed by atoms with Crippen LogP contribution in [-0.2, 0) is 19.3 Å². The minimum atomic E-state index is 0.256. The molecule has 0 heterocycles. The van der Waals surface area contributed by atoms with E-state index in [1.807, 2.05) is 30.3 Å². The Balaban J connectivity index is 1.54. The zero-order chi connectivity index (χ0) is 13.8. The van der Waals surface area contributed by atoms with Crippen LogP contribution >= 0.6 is 0 Å². The van der Waals surface area contributed by atoms with Crippen LogP contribution in [0.1, 0.15) is 46.3 Å². The lowest BCUT2D eigenvalue weighted by atomic mass is 10.00. The van der Waals surface area contributed by atoms with Gasteiger partial charge in [0, 0.05) is 12.0 Å². The van der Waals surface area contributed by atoms with Gasteiger partial charge in [0.25, 0.3) is 0 Å². The van der Waals surface area contributed by atoms with E-state index in [4.69, 9.17) is 0 Å². The normalized spacial score (nSPS) is 13.2.